The summed E-state index contributed by atoms with van der Waals surface area (Å²) in [5.41, 5.74) is 2.28. The summed E-state index contributed by atoms with van der Waals surface area (Å²) in [6.45, 7) is 4.33. The SMILES string of the molecule is CCCn1c(C)c(C(=O)NCC(=O)O)c2cc(OC)ccc21. The van der Waals surface area contributed by atoms with Crippen molar-refractivity contribution in [3.8, 4) is 5.75 Å². The summed E-state index contributed by atoms with van der Waals surface area (Å²) in [4.78, 5) is 23.0. The minimum Gasteiger partial charge on any atom is -0.497 e. The molecular weight excluding hydrogens is 284 g/mol. The quantitative estimate of drug-likeness (QED) is 0.857. The number of fused-ring (bicyclic) bond motifs is 1. The molecule has 0 aliphatic heterocycles. The van der Waals surface area contributed by atoms with E-state index >= 15 is 0 Å². The van der Waals surface area contributed by atoms with Crippen molar-refractivity contribution in [2.75, 3.05) is 13.7 Å². The van der Waals surface area contributed by atoms with Gasteiger partial charge in [-0.2, -0.15) is 0 Å². The molecule has 1 aromatic carbocycles. The molecule has 0 saturated heterocycles. The van der Waals surface area contributed by atoms with Crippen LogP contribution >= 0.6 is 0 Å². The zero-order valence-electron chi connectivity index (χ0n) is 13.0. The zero-order chi connectivity index (χ0) is 16.3. The van der Waals surface area contributed by atoms with Crippen molar-refractivity contribution in [2.45, 2.75) is 26.8 Å². The molecule has 22 heavy (non-hydrogen) atoms. The van der Waals surface area contributed by atoms with Gasteiger partial charge in [0.1, 0.15) is 12.3 Å². The van der Waals surface area contributed by atoms with Crippen molar-refractivity contribution >= 4 is 22.8 Å². The van der Waals surface area contributed by atoms with Gasteiger partial charge in [-0.1, -0.05) is 6.92 Å². The number of nitrogens with zero attached hydrogens (tertiary/aromatic N) is 1. The van der Waals surface area contributed by atoms with Crippen LogP contribution in [0.15, 0.2) is 18.2 Å². The number of aliphatic carboxylic acids is 1. The Morgan fingerprint density at radius 2 is 2.09 bits per heavy atom. The van der Waals surface area contributed by atoms with Gasteiger partial charge < -0.3 is 19.7 Å². The first-order valence-electron chi connectivity index (χ1n) is 7.16. The fourth-order valence-electron chi connectivity index (χ4n) is 2.63. The lowest BCUT2D eigenvalue weighted by Crippen LogP contribution is -2.29. The molecule has 1 aromatic heterocycles. The Bertz CT molecular complexity index is 718. The van der Waals surface area contributed by atoms with E-state index in [0.717, 1.165) is 29.6 Å². The Morgan fingerprint density at radius 1 is 1.36 bits per heavy atom. The number of carboxylic acid groups (broad SMARTS) is 1. The molecule has 0 radical (unpaired) electrons. The lowest BCUT2D eigenvalue weighted by Gasteiger charge is -2.07. The summed E-state index contributed by atoms with van der Waals surface area (Å²) < 4.78 is 7.30. The first-order chi connectivity index (χ1) is 10.5. The van der Waals surface area contributed by atoms with Crippen LogP contribution in [0.4, 0.5) is 0 Å². The number of hydrogen-bond donors (Lipinski definition) is 2. The average molecular weight is 304 g/mol. The molecule has 0 bridgehead atoms. The highest BCUT2D eigenvalue weighted by Crippen LogP contribution is 2.29. The Morgan fingerprint density at radius 3 is 2.68 bits per heavy atom. The number of aryl methyl sites for hydroxylation is 1. The molecular formula is C16H20N2O4. The van der Waals surface area contributed by atoms with E-state index in [9.17, 15) is 9.59 Å². The van der Waals surface area contributed by atoms with Gasteiger partial charge in [0.2, 0.25) is 0 Å². The molecule has 2 N–H and O–H groups in total. The molecule has 6 heteroatoms. The predicted molar refractivity (Wildman–Crippen MR) is 83.5 cm³/mol. The molecule has 0 atom stereocenters. The van der Waals surface area contributed by atoms with Crippen molar-refractivity contribution in [1.29, 1.82) is 0 Å². The van der Waals surface area contributed by atoms with Gasteiger partial charge in [-0.05, 0) is 31.5 Å². The van der Waals surface area contributed by atoms with Gasteiger partial charge in [0.15, 0.2) is 0 Å². The van der Waals surface area contributed by atoms with E-state index in [0.29, 0.717) is 11.3 Å². The summed E-state index contributed by atoms with van der Waals surface area (Å²) in [7, 11) is 1.57. The lowest BCUT2D eigenvalue weighted by atomic mass is 10.1. The fraction of sp³-hybridized carbons (Fsp3) is 0.375. The van der Waals surface area contributed by atoms with E-state index in [-0.39, 0.29) is 5.91 Å². The van der Waals surface area contributed by atoms with Gasteiger partial charge in [0.05, 0.1) is 12.7 Å². The van der Waals surface area contributed by atoms with Crippen LogP contribution in [0.25, 0.3) is 10.9 Å². The monoisotopic (exact) mass is 304 g/mol. The van der Waals surface area contributed by atoms with Crippen molar-refractivity contribution in [3.05, 3.63) is 29.5 Å². The van der Waals surface area contributed by atoms with Crippen LogP contribution in [0, 0.1) is 6.92 Å². The molecule has 0 aliphatic rings. The minimum atomic E-state index is -1.07. The summed E-state index contributed by atoms with van der Waals surface area (Å²) in [5.74, 6) is -0.790. The third-order valence-electron chi connectivity index (χ3n) is 3.60. The molecule has 2 rings (SSSR count). The fourth-order valence-corrected chi connectivity index (χ4v) is 2.63. The molecule has 0 unspecified atom stereocenters. The maximum Gasteiger partial charge on any atom is 0.322 e. The van der Waals surface area contributed by atoms with E-state index in [1.54, 1.807) is 7.11 Å². The molecule has 0 spiro atoms. The molecule has 1 heterocycles. The molecule has 2 aromatic rings. The highest BCUT2D eigenvalue weighted by atomic mass is 16.5. The predicted octanol–water partition coefficient (Wildman–Crippen LogP) is 2.18. The van der Waals surface area contributed by atoms with E-state index in [4.69, 9.17) is 9.84 Å². The third-order valence-corrected chi connectivity index (χ3v) is 3.60. The number of methoxy groups -OCH3 is 1. The summed E-state index contributed by atoms with van der Waals surface area (Å²) in [6, 6.07) is 5.59. The summed E-state index contributed by atoms with van der Waals surface area (Å²) in [5, 5.41) is 11.9. The first-order valence-corrected chi connectivity index (χ1v) is 7.16. The van der Waals surface area contributed by atoms with Crippen LogP contribution in [-0.4, -0.2) is 35.2 Å². The molecule has 118 valence electrons. The van der Waals surface area contributed by atoms with Crippen LogP contribution < -0.4 is 10.1 Å². The van der Waals surface area contributed by atoms with Gasteiger partial charge in [-0.25, -0.2) is 0 Å². The van der Waals surface area contributed by atoms with Crippen molar-refractivity contribution in [2.24, 2.45) is 0 Å². The van der Waals surface area contributed by atoms with Crippen molar-refractivity contribution < 1.29 is 19.4 Å². The second-order valence-electron chi connectivity index (χ2n) is 5.07. The third kappa shape index (κ3) is 2.90. The number of aromatic nitrogens is 1. The Balaban J connectivity index is 2.57. The molecule has 0 aliphatic carbocycles. The number of benzene rings is 1. The lowest BCUT2D eigenvalue weighted by molar-refractivity contribution is -0.135. The smallest absolute Gasteiger partial charge is 0.322 e. The summed E-state index contributed by atoms with van der Waals surface area (Å²) >= 11 is 0. The topological polar surface area (TPSA) is 80.6 Å². The molecule has 0 fully saturated rings. The number of ether oxygens (including phenoxy) is 1. The van der Waals surface area contributed by atoms with Gasteiger partial charge in [0, 0.05) is 23.1 Å². The number of carbonyl (C=O) groups is 2. The maximum atomic E-state index is 12.4. The Labute approximate surface area is 128 Å². The van der Waals surface area contributed by atoms with Crippen molar-refractivity contribution in [1.82, 2.24) is 9.88 Å². The van der Waals surface area contributed by atoms with Gasteiger partial charge in [-0.3, -0.25) is 9.59 Å². The average Bonchev–Trinajstić information content (AvgIpc) is 2.77. The number of hydrogen-bond acceptors (Lipinski definition) is 3. The van der Waals surface area contributed by atoms with E-state index in [2.05, 4.69) is 16.8 Å². The highest BCUT2D eigenvalue weighted by Gasteiger charge is 2.20. The molecule has 0 saturated carbocycles. The largest absolute Gasteiger partial charge is 0.497 e. The molecule has 1 amide bonds. The minimum absolute atomic E-state index is 0.381. The number of amides is 1. The first kappa shape index (κ1) is 15.9. The number of nitrogens with one attached hydrogen (secondary N) is 1. The van der Waals surface area contributed by atoms with Gasteiger partial charge >= 0.3 is 5.97 Å². The molecule has 6 nitrogen and oxygen atoms in total. The summed E-state index contributed by atoms with van der Waals surface area (Å²) in [6.07, 6.45) is 0.937. The zero-order valence-corrected chi connectivity index (χ0v) is 13.0. The normalized spacial score (nSPS) is 10.7. The standard InChI is InChI=1S/C16H20N2O4/c1-4-7-18-10(2)15(16(21)17-9-14(19)20)12-8-11(22-3)5-6-13(12)18/h5-6,8H,4,7,9H2,1-3H3,(H,17,21)(H,19,20). The van der Waals surface area contributed by atoms with Crippen LogP contribution in [0.1, 0.15) is 29.4 Å². The Kier molecular flexibility index (Phi) is 4.70. The van der Waals surface area contributed by atoms with Crippen LogP contribution in [-0.2, 0) is 11.3 Å². The van der Waals surface area contributed by atoms with E-state index in [1.165, 1.54) is 0 Å². The Hall–Kier alpha value is -2.50. The second kappa shape index (κ2) is 6.51. The van der Waals surface area contributed by atoms with E-state index in [1.807, 2.05) is 25.1 Å². The number of carbonyl (C=O) groups excluding carboxylic acids is 1. The highest BCUT2D eigenvalue weighted by molar-refractivity contribution is 6.09. The number of carboxylic acids is 1. The van der Waals surface area contributed by atoms with Gasteiger partial charge in [-0.15, -0.1) is 0 Å². The van der Waals surface area contributed by atoms with Gasteiger partial charge in [0.25, 0.3) is 5.91 Å². The second-order valence-corrected chi connectivity index (χ2v) is 5.07. The van der Waals surface area contributed by atoms with Crippen LogP contribution in [0.3, 0.4) is 0 Å². The van der Waals surface area contributed by atoms with Crippen LogP contribution in [0.2, 0.25) is 0 Å². The number of rotatable bonds is 6. The van der Waals surface area contributed by atoms with Crippen molar-refractivity contribution in [3.63, 3.8) is 0 Å². The maximum absolute atomic E-state index is 12.4. The van der Waals surface area contributed by atoms with Crippen LogP contribution in [0.5, 0.6) is 5.75 Å². The van der Waals surface area contributed by atoms with E-state index < -0.39 is 12.5 Å².